The molecule has 18 heavy (non-hydrogen) atoms. The van der Waals surface area contributed by atoms with Crippen molar-refractivity contribution in [2.75, 3.05) is 0 Å². The first-order chi connectivity index (χ1) is 8.75. The Labute approximate surface area is 107 Å². The van der Waals surface area contributed by atoms with Crippen molar-refractivity contribution in [1.29, 1.82) is 0 Å². The molecular formula is C16H16N2. The highest BCUT2D eigenvalue weighted by Crippen LogP contribution is 2.30. The van der Waals surface area contributed by atoms with Crippen molar-refractivity contribution in [1.82, 2.24) is 0 Å². The van der Waals surface area contributed by atoms with Crippen LogP contribution >= 0.6 is 0 Å². The molecule has 1 aliphatic rings. The lowest BCUT2D eigenvalue weighted by Crippen LogP contribution is -2.23. The van der Waals surface area contributed by atoms with E-state index in [2.05, 4.69) is 48.3 Å². The molecule has 2 nitrogen and oxygen atoms in total. The van der Waals surface area contributed by atoms with Crippen LogP contribution in [-0.2, 0) is 6.42 Å². The van der Waals surface area contributed by atoms with E-state index in [0.29, 0.717) is 5.84 Å². The first-order valence-corrected chi connectivity index (χ1v) is 6.23. The van der Waals surface area contributed by atoms with Crippen molar-refractivity contribution in [3.05, 3.63) is 70.8 Å². The van der Waals surface area contributed by atoms with E-state index >= 15 is 0 Å². The molecule has 2 aromatic rings. The molecule has 2 heteroatoms. The second kappa shape index (κ2) is 4.30. The fourth-order valence-corrected chi connectivity index (χ4v) is 2.56. The number of benzene rings is 2. The highest BCUT2D eigenvalue weighted by atomic mass is 14.9. The SMILES string of the molecule is Cc1cccc2c1CC(c1ccccc1)N=C2N. The van der Waals surface area contributed by atoms with E-state index in [1.165, 1.54) is 16.7 Å². The summed E-state index contributed by atoms with van der Waals surface area (Å²) < 4.78 is 0. The van der Waals surface area contributed by atoms with Gasteiger partial charge in [0.15, 0.2) is 0 Å². The molecule has 1 heterocycles. The third-order valence-electron chi connectivity index (χ3n) is 3.56. The number of aliphatic imine (C=N–C) groups is 1. The molecular weight excluding hydrogens is 220 g/mol. The third kappa shape index (κ3) is 1.80. The molecule has 2 N–H and O–H groups in total. The second-order valence-electron chi connectivity index (χ2n) is 4.75. The monoisotopic (exact) mass is 236 g/mol. The Hall–Kier alpha value is -2.09. The lowest BCUT2D eigenvalue weighted by Gasteiger charge is -2.23. The average molecular weight is 236 g/mol. The van der Waals surface area contributed by atoms with Crippen molar-refractivity contribution in [3.63, 3.8) is 0 Å². The quantitative estimate of drug-likeness (QED) is 0.812. The number of nitrogens with zero attached hydrogens (tertiary/aromatic N) is 1. The zero-order valence-electron chi connectivity index (χ0n) is 10.4. The van der Waals surface area contributed by atoms with Crippen molar-refractivity contribution in [2.45, 2.75) is 19.4 Å². The van der Waals surface area contributed by atoms with Crippen LogP contribution in [0.5, 0.6) is 0 Å². The summed E-state index contributed by atoms with van der Waals surface area (Å²) in [6.07, 6.45) is 0.937. The normalized spacial score (nSPS) is 18.1. The van der Waals surface area contributed by atoms with Crippen LogP contribution in [0.15, 0.2) is 53.5 Å². The van der Waals surface area contributed by atoms with Gasteiger partial charge in [-0.2, -0.15) is 0 Å². The smallest absolute Gasteiger partial charge is 0.126 e. The van der Waals surface area contributed by atoms with Gasteiger partial charge in [-0.1, -0.05) is 48.5 Å². The Bertz CT molecular complexity index is 600. The Morgan fingerprint density at radius 1 is 1.06 bits per heavy atom. The summed E-state index contributed by atoms with van der Waals surface area (Å²) in [6, 6.07) is 16.7. The van der Waals surface area contributed by atoms with Gasteiger partial charge in [0.05, 0.1) is 6.04 Å². The van der Waals surface area contributed by atoms with Crippen molar-refractivity contribution in [2.24, 2.45) is 10.7 Å². The lowest BCUT2D eigenvalue weighted by molar-refractivity contribution is 0.706. The second-order valence-corrected chi connectivity index (χ2v) is 4.75. The van der Waals surface area contributed by atoms with E-state index in [-0.39, 0.29) is 6.04 Å². The van der Waals surface area contributed by atoms with Gasteiger partial charge >= 0.3 is 0 Å². The summed E-state index contributed by atoms with van der Waals surface area (Å²) in [7, 11) is 0. The molecule has 0 aliphatic carbocycles. The first kappa shape index (κ1) is 11.0. The van der Waals surface area contributed by atoms with Crippen LogP contribution in [-0.4, -0.2) is 5.84 Å². The number of amidine groups is 1. The average Bonchev–Trinajstić information content (AvgIpc) is 2.41. The number of fused-ring (bicyclic) bond motifs is 1. The minimum Gasteiger partial charge on any atom is -0.383 e. The Kier molecular flexibility index (Phi) is 2.63. The van der Waals surface area contributed by atoms with Gasteiger partial charge in [-0.05, 0) is 23.6 Å². The number of hydrogen-bond donors (Lipinski definition) is 1. The van der Waals surface area contributed by atoms with Gasteiger partial charge in [0.25, 0.3) is 0 Å². The van der Waals surface area contributed by atoms with Gasteiger partial charge in [0, 0.05) is 12.0 Å². The van der Waals surface area contributed by atoms with E-state index < -0.39 is 0 Å². The van der Waals surface area contributed by atoms with Crippen LogP contribution in [0.25, 0.3) is 0 Å². The predicted molar refractivity (Wildman–Crippen MR) is 74.8 cm³/mol. The van der Waals surface area contributed by atoms with Crippen LogP contribution < -0.4 is 5.73 Å². The summed E-state index contributed by atoms with van der Waals surface area (Å²) in [4.78, 5) is 4.63. The molecule has 0 bridgehead atoms. The standard InChI is InChI=1S/C16H16N2/c1-11-6-5-9-13-14(11)10-15(18-16(13)17)12-7-3-2-4-8-12/h2-9,15H,10H2,1H3,(H2,17,18). The largest absolute Gasteiger partial charge is 0.383 e. The minimum atomic E-state index is 0.153. The van der Waals surface area contributed by atoms with E-state index in [4.69, 9.17) is 5.73 Å². The zero-order valence-corrected chi connectivity index (χ0v) is 10.4. The van der Waals surface area contributed by atoms with Crippen LogP contribution in [0.2, 0.25) is 0 Å². The fraction of sp³-hybridized carbons (Fsp3) is 0.188. The molecule has 1 aliphatic heterocycles. The fourth-order valence-electron chi connectivity index (χ4n) is 2.56. The summed E-state index contributed by atoms with van der Waals surface area (Å²) in [6.45, 7) is 2.14. The molecule has 1 unspecified atom stereocenters. The van der Waals surface area contributed by atoms with Crippen LogP contribution in [0.3, 0.4) is 0 Å². The van der Waals surface area contributed by atoms with Gasteiger partial charge in [-0.3, -0.25) is 4.99 Å². The van der Waals surface area contributed by atoms with E-state index in [1.54, 1.807) is 0 Å². The third-order valence-corrected chi connectivity index (χ3v) is 3.56. The molecule has 0 aromatic heterocycles. The minimum absolute atomic E-state index is 0.153. The Balaban J connectivity index is 2.06. The maximum atomic E-state index is 6.09. The van der Waals surface area contributed by atoms with Crippen LogP contribution in [0.1, 0.15) is 28.3 Å². The van der Waals surface area contributed by atoms with E-state index in [0.717, 1.165) is 12.0 Å². The molecule has 90 valence electrons. The summed E-state index contributed by atoms with van der Waals surface area (Å²) in [5.41, 5.74) is 11.1. The molecule has 0 saturated heterocycles. The van der Waals surface area contributed by atoms with E-state index in [9.17, 15) is 0 Å². The van der Waals surface area contributed by atoms with Gasteiger partial charge in [0.2, 0.25) is 0 Å². The number of hydrogen-bond acceptors (Lipinski definition) is 2. The highest BCUT2D eigenvalue weighted by Gasteiger charge is 2.21. The van der Waals surface area contributed by atoms with Gasteiger partial charge in [-0.25, -0.2) is 0 Å². The molecule has 3 rings (SSSR count). The van der Waals surface area contributed by atoms with Gasteiger partial charge < -0.3 is 5.73 Å². The number of nitrogens with two attached hydrogens (primary N) is 1. The van der Waals surface area contributed by atoms with Crippen molar-refractivity contribution in [3.8, 4) is 0 Å². The topological polar surface area (TPSA) is 38.4 Å². The Morgan fingerprint density at radius 3 is 2.61 bits per heavy atom. The van der Waals surface area contributed by atoms with Gasteiger partial charge in [-0.15, -0.1) is 0 Å². The maximum absolute atomic E-state index is 6.09. The maximum Gasteiger partial charge on any atom is 0.126 e. The Morgan fingerprint density at radius 2 is 1.83 bits per heavy atom. The molecule has 0 amide bonds. The van der Waals surface area contributed by atoms with Gasteiger partial charge in [0.1, 0.15) is 5.84 Å². The molecule has 0 radical (unpaired) electrons. The van der Waals surface area contributed by atoms with Crippen LogP contribution in [0, 0.1) is 6.92 Å². The zero-order chi connectivity index (χ0) is 12.5. The molecule has 0 saturated carbocycles. The number of aryl methyl sites for hydroxylation is 1. The molecule has 0 spiro atoms. The first-order valence-electron chi connectivity index (χ1n) is 6.23. The van der Waals surface area contributed by atoms with Crippen molar-refractivity contribution >= 4 is 5.84 Å². The molecule has 1 atom stereocenters. The van der Waals surface area contributed by atoms with E-state index in [1.807, 2.05) is 12.1 Å². The van der Waals surface area contributed by atoms with Crippen molar-refractivity contribution < 1.29 is 0 Å². The van der Waals surface area contributed by atoms with Crippen LogP contribution in [0.4, 0.5) is 0 Å². The summed E-state index contributed by atoms with van der Waals surface area (Å²) >= 11 is 0. The highest BCUT2D eigenvalue weighted by molar-refractivity contribution is 6.00. The molecule has 0 fully saturated rings. The summed E-state index contributed by atoms with van der Waals surface area (Å²) in [5, 5.41) is 0. The predicted octanol–water partition coefficient (Wildman–Crippen LogP) is 3.00. The number of rotatable bonds is 1. The lowest BCUT2D eigenvalue weighted by atomic mass is 9.90. The molecule has 2 aromatic carbocycles. The summed E-state index contributed by atoms with van der Waals surface area (Å²) in [5.74, 6) is 0.661.